The third-order valence-corrected chi connectivity index (χ3v) is 7.01. The van der Waals surface area contributed by atoms with E-state index in [2.05, 4.69) is 0 Å². The van der Waals surface area contributed by atoms with Crippen LogP contribution in [0.1, 0.15) is 22.8 Å². The maximum atomic E-state index is 13.3. The van der Waals surface area contributed by atoms with Gasteiger partial charge < -0.3 is 9.47 Å². The predicted molar refractivity (Wildman–Crippen MR) is 106 cm³/mol. The third kappa shape index (κ3) is 4.25. The second-order valence-electron chi connectivity index (χ2n) is 6.51. The first-order valence-electron chi connectivity index (χ1n) is 8.45. The first kappa shape index (κ1) is 20.4. The van der Waals surface area contributed by atoms with Crippen LogP contribution in [0.2, 0.25) is 10.0 Å². The van der Waals surface area contributed by atoms with Gasteiger partial charge in [0.25, 0.3) is 0 Å². The topological polar surface area (TPSA) is 55.8 Å². The molecule has 5 nitrogen and oxygen atoms in total. The summed E-state index contributed by atoms with van der Waals surface area (Å²) in [6, 6.07) is 8.51. The van der Waals surface area contributed by atoms with E-state index in [-0.39, 0.29) is 24.6 Å². The number of hydrogen-bond donors (Lipinski definition) is 0. The lowest BCUT2D eigenvalue weighted by molar-refractivity contribution is -0.00258. The van der Waals surface area contributed by atoms with Gasteiger partial charge in [-0.1, -0.05) is 23.2 Å². The first-order valence-corrected chi connectivity index (χ1v) is 10.6. The number of aryl methyl sites for hydroxylation is 2. The summed E-state index contributed by atoms with van der Waals surface area (Å²) in [6.45, 7) is 4.52. The van der Waals surface area contributed by atoms with E-state index < -0.39 is 16.1 Å². The highest BCUT2D eigenvalue weighted by Crippen LogP contribution is 2.33. The quantitative estimate of drug-likeness (QED) is 0.723. The van der Waals surface area contributed by atoms with E-state index in [1.807, 2.05) is 13.8 Å². The molecule has 1 fully saturated rings. The van der Waals surface area contributed by atoms with Crippen molar-refractivity contribution in [3.8, 4) is 5.75 Å². The van der Waals surface area contributed by atoms with E-state index >= 15 is 0 Å². The molecule has 0 aromatic heterocycles. The second-order valence-corrected chi connectivity index (χ2v) is 9.29. The van der Waals surface area contributed by atoms with E-state index in [0.29, 0.717) is 15.8 Å². The largest absolute Gasteiger partial charge is 0.495 e. The highest BCUT2D eigenvalue weighted by atomic mass is 35.5. The molecule has 3 rings (SSSR count). The van der Waals surface area contributed by atoms with Crippen molar-refractivity contribution in [2.45, 2.75) is 24.8 Å². The molecular formula is C19H21Cl2NO4S. The molecule has 0 bridgehead atoms. The summed E-state index contributed by atoms with van der Waals surface area (Å²) in [5.41, 5.74) is 2.61. The minimum atomic E-state index is -3.74. The Bertz CT molecular complexity index is 942. The van der Waals surface area contributed by atoms with Crippen LogP contribution in [0.5, 0.6) is 5.75 Å². The summed E-state index contributed by atoms with van der Waals surface area (Å²) in [5.74, 6) is 0.340. The van der Waals surface area contributed by atoms with Crippen molar-refractivity contribution in [1.82, 2.24) is 4.31 Å². The molecule has 1 aliphatic rings. The molecule has 0 spiro atoms. The number of benzene rings is 2. The van der Waals surface area contributed by atoms with Gasteiger partial charge in [-0.3, -0.25) is 0 Å². The van der Waals surface area contributed by atoms with Crippen LogP contribution in [0.3, 0.4) is 0 Å². The lowest BCUT2D eigenvalue weighted by atomic mass is 10.1. The molecule has 0 saturated carbocycles. The zero-order valence-corrected chi connectivity index (χ0v) is 17.7. The molecule has 1 atom stereocenters. The van der Waals surface area contributed by atoms with Gasteiger partial charge in [0.15, 0.2) is 0 Å². The summed E-state index contributed by atoms with van der Waals surface area (Å²) in [7, 11) is -2.27. The fourth-order valence-electron chi connectivity index (χ4n) is 3.07. The fraction of sp³-hybridized carbons (Fsp3) is 0.368. The summed E-state index contributed by atoms with van der Waals surface area (Å²) in [4.78, 5) is 0.165. The minimum Gasteiger partial charge on any atom is -0.495 e. The normalized spacial score (nSPS) is 18.5. The monoisotopic (exact) mass is 429 g/mol. The van der Waals surface area contributed by atoms with Crippen molar-refractivity contribution in [3.05, 3.63) is 57.1 Å². The Hall–Kier alpha value is -1.31. The number of nitrogens with zero attached hydrogens (tertiary/aromatic N) is 1. The highest BCUT2D eigenvalue weighted by molar-refractivity contribution is 7.89. The number of morpholine rings is 1. The van der Waals surface area contributed by atoms with Crippen molar-refractivity contribution in [3.63, 3.8) is 0 Å². The summed E-state index contributed by atoms with van der Waals surface area (Å²) >= 11 is 12.1. The van der Waals surface area contributed by atoms with Crippen LogP contribution in [-0.2, 0) is 14.8 Å². The van der Waals surface area contributed by atoms with Crippen LogP contribution in [0.4, 0.5) is 0 Å². The van der Waals surface area contributed by atoms with Crippen molar-refractivity contribution < 1.29 is 17.9 Å². The highest BCUT2D eigenvalue weighted by Gasteiger charge is 2.34. The van der Waals surface area contributed by atoms with Gasteiger partial charge in [0.1, 0.15) is 10.6 Å². The molecule has 2 aromatic carbocycles. The number of hydrogen-bond acceptors (Lipinski definition) is 4. The van der Waals surface area contributed by atoms with Crippen molar-refractivity contribution in [2.24, 2.45) is 0 Å². The van der Waals surface area contributed by atoms with Gasteiger partial charge in [-0.15, -0.1) is 0 Å². The SMILES string of the molecule is COc1cc(C)c(C)cc1S(=O)(=O)N1CCOC(c2cc(Cl)cc(Cl)c2)C1. The van der Waals surface area contributed by atoms with Crippen molar-refractivity contribution in [2.75, 3.05) is 26.8 Å². The third-order valence-electron chi connectivity index (χ3n) is 4.68. The van der Waals surface area contributed by atoms with E-state index in [0.717, 1.165) is 16.7 Å². The predicted octanol–water partition coefficient (Wildman–Crippen LogP) is 4.38. The van der Waals surface area contributed by atoms with Crippen LogP contribution >= 0.6 is 23.2 Å². The molecule has 1 aliphatic heterocycles. The lowest BCUT2D eigenvalue weighted by Gasteiger charge is -2.33. The molecule has 146 valence electrons. The van der Waals surface area contributed by atoms with Gasteiger partial charge in [0.2, 0.25) is 10.0 Å². The van der Waals surface area contributed by atoms with Crippen LogP contribution in [0.15, 0.2) is 35.2 Å². The van der Waals surface area contributed by atoms with Gasteiger partial charge in [0.05, 0.1) is 19.8 Å². The number of sulfonamides is 1. The maximum Gasteiger partial charge on any atom is 0.246 e. The van der Waals surface area contributed by atoms with Gasteiger partial charge in [-0.25, -0.2) is 8.42 Å². The molecule has 1 saturated heterocycles. The van der Waals surface area contributed by atoms with E-state index in [1.165, 1.54) is 11.4 Å². The molecule has 2 aromatic rings. The smallest absolute Gasteiger partial charge is 0.246 e. The van der Waals surface area contributed by atoms with Gasteiger partial charge >= 0.3 is 0 Å². The summed E-state index contributed by atoms with van der Waals surface area (Å²) in [5, 5.41) is 0.966. The zero-order chi connectivity index (χ0) is 19.8. The van der Waals surface area contributed by atoms with Crippen LogP contribution in [0.25, 0.3) is 0 Å². The Morgan fingerprint density at radius 1 is 1.07 bits per heavy atom. The molecule has 0 radical (unpaired) electrons. The molecule has 8 heteroatoms. The van der Waals surface area contributed by atoms with E-state index in [9.17, 15) is 8.42 Å². The van der Waals surface area contributed by atoms with Gasteiger partial charge in [-0.2, -0.15) is 4.31 Å². The standard InChI is InChI=1S/C19H21Cl2NO4S/c1-12-6-17(25-3)19(7-13(12)2)27(23,24)22-4-5-26-18(11-22)14-8-15(20)10-16(21)9-14/h6-10,18H,4-5,11H2,1-3H3. The maximum absolute atomic E-state index is 13.3. The number of rotatable bonds is 4. The average molecular weight is 430 g/mol. The molecule has 1 unspecified atom stereocenters. The molecule has 27 heavy (non-hydrogen) atoms. The van der Waals surface area contributed by atoms with Crippen LogP contribution in [0, 0.1) is 13.8 Å². The second kappa shape index (κ2) is 7.97. The summed E-state index contributed by atoms with van der Waals surface area (Å²) < 4.78 is 39.1. The molecular weight excluding hydrogens is 409 g/mol. The molecule has 0 amide bonds. The van der Waals surface area contributed by atoms with Crippen molar-refractivity contribution >= 4 is 33.2 Å². The van der Waals surface area contributed by atoms with E-state index in [4.69, 9.17) is 32.7 Å². The summed E-state index contributed by atoms with van der Waals surface area (Å²) in [6.07, 6.45) is -0.442. The van der Waals surface area contributed by atoms with Gasteiger partial charge in [-0.05, 0) is 60.9 Å². The minimum absolute atomic E-state index is 0.165. The number of halogens is 2. The number of methoxy groups -OCH3 is 1. The molecule has 0 N–H and O–H groups in total. The molecule has 0 aliphatic carbocycles. The van der Waals surface area contributed by atoms with E-state index in [1.54, 1.807) is 30.3 Å². The van der Waals surface area contributed by atoms with Crippen LogP contribution < -0.4 is 4.74 Å². The Labute approximate surface area is 169 Å². The zero-order valence-electron chi connectivity index (χ0n) is 15.3. The first-order chi connectivity index (χ1) is 12.7. The van der Waals surface area contributed by atoms with Crippen molar-refractivity contribution in [1.29, 1.82) is 0 Å². The Balaban J connectivity index is 1.94. The number of ether oxygens (including phenoxy) is 2. The fourth-order valence-corrected chi connectivity index (χ4v) is 5.26. The Morgan fingerprint density at radius 2 is 1.70 bits per heavy atom. The Kier molecular flexibility index (Phi) is 6.03. The Morgan fingerprint density at radius 3 is 2.33 bits per heavy atom. The average Bonchev–Trinajstić information content (AvgIpc) is 2.62. The van der Waals surface area contributed by atoms with Crippen LogP contribution in [-0.4, -0.2) is 39.5 Å². The lowest BCUT2D eigenvalue weighted by Crippen LogP contribution is -2.42. The van der Waals surface area contributed by atoms with Gasteiger partial charge in [0, 0.05) is 23.1 Å². The molecule has 1 heterocycles.